The van der Waals surface area contributed by atoms with Crippen molar-refractivity contribution < 1.29 is 5.32 Å². The Bertz CT molecular complexity index is 775. The minimum Gasteiger partial charge on any atom is -0.338 e. The van der Waals surface area contributed by atoms with E-state index >= 15 is 0 Å². The van der Waals surface area contributed by atoms with Gasteiger partial charge in [0.05, 0.1) is 10.4 Å². The molecule has 0 saturated carbocycles. The molecular weight excluding hydrogens is 268 g/mol. The first-order valence-electron chi connectivity index (χ1n) is 6.69. The van der Waals surface area contributed by atoms with Gasteiger partial charge in [0.15, 0.2) is 0 Å². The number of pyridine rings is 1. The maximum Gasteiger partial charge on any atom is 0.257 e. The molecule has 3 nitrogen and oxygen atoms in total. The van der Waals surface area contributed by atoms with Gasteiger partial charge in [-0.2, -0.15) is 0 Å². The van der Waals surface area contributed by atoms with E-state index in [1.54, 1.807) is 11.3 Å². The third-order valence-electron chi connectivity index (χ3n) is 3.37. The lowest BCUT2D eigenvalue weighted by Crippen LogP contribution is -2.81. The first-order chi connectivity index (χ1) is 9.72. The van der Waals surface area contributed by atoms with E-state index in [1.165, 1.54) is 10.4 Å². The van der Waals surface area contributed by atoms with Crippen LogP contribution in [0.3, 0.4) is 0 Å². The number of H-pyrrole nitrogens is 1. The van der Waals surface area contributed by atoms with Gasteiger partial charge in [0.1, 0.15) is 13.1 Å². The summed E-state index contributed by atoms with van der Waals surface area (Å²) in [5.41, 5.74) is 2.96. The molecule has 0 saturated heterocycles. The lowest BCUT2D eigenvalue weighted by molar-refractivity contribution is -0.685. The molecule has 0 bridgehead atoms. The normalized spacial score (nSPS) is 11.1. The highest BCUT2D eigenvalue weighted by atomic mass is 32.1. The average Bonchev–Trinajstić information content (AvgIpc) is 2.93. The molecule has 0 spiro atoms. The van der Waals surface area contributed by atoms with Crippen LogP contribution in [0.25, 0.3) is 10.9 Å². The first kappa shape index (κ1) is 13.1. The Morgan fingerprint density at radius 2 is 2.10 bits per heavy atom. The minimum absolute atomic E-state index is 0.0174. The topological polar surface area (TPSA) is 49.5 Å². The van der Waals surface area contributed by atoms with Crippen LogP contribution in [0.1, 0.15) is 16.0 Å². The number of aryl methyl sites for hydroxylation is 1. The van der Waals surface area contributed by atoms with Crippen molar-refractivity contribution in [2.75, 3.05) is 0 Å². The van der Waals surface area contributed by atoms with Gasteiger partial charge in [-0.1, -0.05) is 17.7 Å². The fourth-order valence-electron chi connectivity index (χ4n) is 2.32. The number of quaternary nitrogens is 1. The molecule has 0 amide bonds. The summed E-state index contributed by atoms with van der Waals surface area (Å²) in [4.78, 5) is 16.3. The van der Waals surface area contributed by atoms with Crippen molar-refractivity contribution in [2.45, 2.75) is 20.0 Å². The van der Waals surface area contributed by atoms with E-state index in [1.807, 2.05) is 18.2 Å². The molecule has 0 unspecified atom stereocenters. The van der Waals surface area contributed by atoms with E-state index in [0.29, 0.717) is 6.54 Å². The zero-order valence-electron chi connectivity index (χ0n) is 11.3. The number of hydrogen-bond acceptors (Lipinski definition) is 2. The second kappa shape index (κ2) is 5.61. The molecule has 0 aliphatic rings. The molecule has 102 valence electrons. The summed E-state index contributed by atoms with van der Waals surface area (Å²) in [5, 5.41) is 5.34. The number of nitrogens with one attached hydrogen (secondary N) is 1. The van der Waals surface area contributed by atoms with Gasteiger partial charge in [0.25, 0.3) is 5.56 Å². The average molecular weight is 285 g/mol. The maximum absolute atomic E-state index is 12.0. The highest BCUT2D eigenvalue weighted by Crippen LogP contribution is 2.12. The van der Waals surface area contributed by atoms with Crippen LogP contribution >= 0.6 is 11.3 Å². The number of nitrogens with two attached hydrogens (primary N) is 1. The van der Waals surface area contributed by atoms with Crippen LogP contribution in [0.2, 0.25) is 0 Å². The fraction of sp³-hybridized carbons (Fsp3) is 0.188. The molecule has 4 heteroatoms. The summed E-state index contributed by atoms with van der Waals surface area (Å²) in [7, 11) is 0. The van der Waals surface area contributed by atoms with Gasteiger partial charge in [0, 0.05) is 5.52 Å². The van der Waals surface area contributed by atoms with Crippen LogP contribution < -0.4 is 10.9 Å². The Labute approximate surface area is 121 Å². The highest BCUT2D eigenvalue weighted by Gasteiger charge is 2.05. The molecule has 0 aliphatic heterocycles. The number of hydrogen-bond donors (Lipinski definition) is 2. The van der Waals surface area contributed by atoms with E-state index in [9.17, 15) is 4.79 Å². The fourth-order valence-corrected chi connectivity index (χ4v) is 3.02. The molecule has 0 radical (unpaired) electrons. The second-order valence-electron chi connectivity index (χ2n) is 4.99. The highest BCUT2D eigenvalue weighted by molar-refractivity contribution is 7.09. The van der Waals surface area contributed by atoms with E-state index in [-0.39, 0.29) is 5.56 Å². The second-order valence-corrected chi connectivity index (χ2v) is 6.02. The molecule has 2 heterocycles. The quantitative estimate of drug-likeness (QED) is 0.758. The predicted octanol–water partition coefficient (Wildman–Crippen LogP) is 2.16. The predicted molar refractivity (Wildman–Crippen MR) is 83.0 cm³/mol. The summed E-state index contributed by atoms with van der Waals surface area (Å²) in [6, 6.07) is 12.3. The zero-order chi connectivity index (χ0) is 13.9. The molecule has 0 fully saturated rings. The molecule has 3 aromatic rings. The van der Waals surface area contributed by atoms with Crippen molar-refractivity contribution in [3.8, 4) is 0 Å². The Kier molecular flexibility index (Phi) is 3.67. The molecule has 3 rings (SSSR count). The van der Waals surface area contributed by atoms with Crippen molar-refractivity contribution in [1.29, 1.82) is 0 Å². The van der Waals surface area contributed by atoms with E-state index < -0.39 is 0 Å². The van der Waals surface area contributed by atoms with Gasteiger partial charge in [-0.25, -0.2) is 0 Å². The Morgan fingerprint density at radius 1 is 1.20 bits per heavy atom. The summed E-state index contributed by atoms with van der Waals surface area (Å²) in [5.74, 6) is 0. The van der Waals surface area contributed by atoms with Gasteiger partial charge < -0.3 is 10.3 Å². The Balaban J connectivity index is 1.80. The summed E-state index contributed by atoms with van der Waals surface area (Å²) >= 11 is 1.75. The number of benzene rings is 1. The van der Waals surface area contributed by atoms with Crippen LogP contribution in [0.4, 0.5) is 0 Å². The van der Waals surface area contributed by atoms with Crippen molar-refractivity contribution in [1.82, 2.24) is 4.98 Å². The number of aromatic nitrogens is 1. The number of aromatic amines is 1. The monoisotopic (exact) mass is 285 g/mol. The van der Waals surface area contributed by atoms with Crippen molar-refractivity contribution in [3.05, 3.63) is 68.1 Å². The molecular formula is C16H17N2OS+. The van der Waals surface area contributed by atoms with Crippen molar-refractivity contribution in [2.24, 2.45) is 0 Å². The lowest BCUT2D eigenvalue weighted by Gasteiger charge is -2.04. The Hall–Kier alpha value is -1.91. The van der Waals surface area contributed by atoms with Crippen LogP contribution in [0.15, 0.2) is 46.6 Å². The SMILES string of the molecule is Cc1ccc2[nH]c(=O)c(C[NH2+]Cc3cccs3)cc2c1. The van der Waals surface area contributed by atoms with Crippen molar-refractivity contribution in [3.63, 3.8) is 0 Å². The zero-order valence-corrected chi connectivity index (χ0v) is 12.2. The van der Waals surface area contributed by atoms with E-state index in [2.05, 4.69) is 40.8 Å². The van der Waals surface area contributed by atoms with Crippen LogP contribution in [-0.2, 0) is 13.1 Å². The van der Waals surface area contributed by atoms with Gasteiger partial charge in [0.2, 0.25) is 0 Å². The van der Waals surface area contributed by atoms with Crippen LogP contribution in [0.5, 0.6) is 0 Å². The van der Waals surface area contributed by atoms with Gasteiger partial charge in [-0.3, -0.25) is 4.79 Å². The van der Waals surface area contributed by atoms with Gasteiger partial charge in [-0.15, -0.1) is 11.3 Å². The number of thiophene rings is 1. The summed E-state index contributed by atoms with van der Waals surface area (Å²) in [6.45, 7) is 3.69. The molecule has 2 aromatic heterocycles. The van der Waals surface area contributed by atoms with E-state index in [4.69, 9.17) is 0 Å². The van der Waals surface area contributed by atoms with E-state index in [0.717, 1.165) is 23.0 Å². The number of fused-ring (bicyclic) bond motifs is 1. The molecule has 0 atom stereocenters. The summed E-state index contributed by atoms with van der Waals surface area (Å²) in [6.07, 6.45) is 0. The van der Waals surface area contributed by atoms with Crippen molar-refractivity contribution >= 4 is 22.2 Å². The van der Waals surface area contributed by atoms with Gasteiger partial charge >= 0.3 is 0 Å². The molecule has 1 aromatic carbocycles. The van der Waals surface area contributed by atoms with Crippen LogP contribution in [-0.4, -0.2) is 4.98 Å². The number of rotatable bonds is 4. The first-order valence-corrected chi connectivity index (χ1v) is 7.57. The van der Waals surface area contributed by atoms with Crippen LogP contribution in [0, 0.1) is 6.92 Å². The molecule has 3 N–H and O–H groups in total. The maximum atomic E-state index is 12.0. The third kappa shape index (κ3) is 2.81. The smallest absolute Gasteiger partial charge is 0.257 e. The minimum atomic E-state index is 0.0174. The van der Waals surface area contributed by atoms with Gasteiger partial charge in [-0.05, 0) is 42.0 Å². The lowest BCUT2D eigenvalue weighted by atomic mass is 10.1. The molecule has 0 aliphatic carbocycles. The standard InChI is InChI=1S/C16H16N2OS/c1-11-4-5-15-12(7-11)8-13(16(19)18-15)9-17-10-14-3-2-6-20-14/h2-8,17H,9-10H2,1H3,(H,18,19)/p+1. The third-order valence-corrected chi connectivity index (χ3v) is 4.27. The molecule has 20 heavy (non-hydrogen) atoms. The summed E-state index contributed by atoms with van der Waals surface area (Å²) < 4.78 is 0. The Morgan fingerprint density at radius 3 is 2.90 bits per heavy atom. The largest absolute Gasteiger partial charge is 0.338 e.